The van der Waals surface area contributed by atoms with Gasteiger partial charge in [0.1, 0.15) is 5.60 Å². The van der Waals surface area contributed by atoms with E-state index in [-0.39, 0.29) is 18.8 Å². The fourth-order valence-electron chi connectivity index (χ4n) is 2.74. The molecule has 0 bridgehead atoms. The maximum absolute atomic E-state index is 12.5. The van der Waals surface area contributed by atoms with Crippen molar-refractivity contribution in [2.24, 2.45) is 7.05 Å². The van der Waals surface area contributed by atoms with Gasteiger partial charge in [-0.1, -0.05) is 24.3 Å². The van der Waals surface area contributed by atoms with E-state index in [4.69, 9.17) is 0 Å². The molecule has 0 fully saturated rings. The summed E-state index contributed by atoms with van der Waals surface area (Å²) in [5, 5.41) is 20.2. The fraction of sp³-hybridized carbons (Fsp3) is 0.263. The monoisotopic (exact) mass is 402 g/mol. The molecule has 0 aliphatic carbocycles. The predicted octanol–water partition coefficient (Wildman–Crippen LogP) is 2.96. The number of aliphatic hydroxyl groups excluding tert-OH is 1. The van der Waals surface area contributed by atoms with Gasteiger partial charge in [-0.15, -0.1) is 0 Å². The summed E-state index contributed by atoms with van der Waals surface area (Å²) >= 11 is 3.49. The van der Waals surface area contributed by atoms with Crippen molar-refractivity contribution in [3.63, 3.8) is 0 Å². The van der Waals surface area contributed by atoms with E-state index >= 15 is 0 Å². The maximum Gasteiger partial charge on any atom is 0.168 e. The van der Waals surface area contributed by atoms with Gasteiger partial charge < -0.3 is 14.8 Å². The second kappa shape index (κ2) is 6.71. The van der Waals surface area contributed by atoms with E-state index in [9.17, 15) is 15.0 Å². The number of aryl methyl sites for hydroxylation is 1. The lowest BCUT2D eigenvalue weighted by molar-refractivity contribution is -0.00229. The van der Waals surface area contributed by atoms with Crippen molar-refractivity contribution in [1.29, 1.82) is 0 Å². The van der Waals surface area contributed by atoms with Crippen LogP contribution in [0.1, 0.15) is 28.5 Å². The number of fused-ring (bicyclic) bond motifs is 1. The van der Waals surface area contributed by atoms with E-state index in [0.717, 1.165) is 15.4 Å². The molecule has 5 nitrogen and oxygen atoms in total. The van der Waals surface area contributed by atoms with Crippen LogP contribution in [0.15, 0.2) is 47.2 Å². The van der Waals surface area contributed by atoms with Crippen molar-refractivity contribution in [2.75, 3.05) is 6.61 Å². The normalized spacial score (nSPS) is 13.8. The number of nitrogens with zero attached hydrogens (tertiary/aromatic N) is 2. The van der Waals surface area contributed by atoms with Crippen LogP contribution in [0.4, 0.5) is 0 Å². The second-order valence-electron chi connectivity index (χ2n) is 6.39. The van der Waals surface area contributed by atoms with Gasteiger partial charge in [-0.25, -0.2) is 0 Å². The quantitative estimate of drug-likeness (QED) is 0.643. The number of halogens is 1. The SMILES string of the molecule is Cn1cc(Br)c2cnc(CC(=O)c3ccc([C@@](C)(O)CO)cc3)cc21. The molecule has 1 atom stereocenters. The van der Waals surface area contributed by atoms with E-state index in [1.807, 2.05) is 23.9 Å². The van der Waals surface area contributed by atoms with Crippen LogP contribution in [0.25, 0.3) is 10.9 Å². The average Bonchev–Trinajstić information content (AvgIpc) is 2.89. The van der Waals surface area contributed by atoms with E-state index in [2.05, 4.69) is 20.9 Å². The van der Waals surface area contributed by atoms with Crippen molar-refractivity contribution in [3.05, 3.63) is 64.0 Å². The Morgan fingerprint density at radius 3 is 2.64 bits per heavy atom. The molecule has 2 aromatic heterocycles. The summed E-state index contributed by atoms with van der Waals surface area (Å²) in [6.45, 7) is 1.15. The molecule has 0 saturated heterocycles. The molecule has 3 rings (SSSR count). The Labute approximate surface area is 154 Å². The minimum absolute atomic E-state index is 0.0460. The van der Waals surface area contributed by atoms with Gasteiger partial charge in [-0.2, -0.15) is 0 Å². The number of ketones is 1. The highest BCUT2D eigenvalue weighted by molar-refractivity contribution is 9.10. The summed E-state index contributed by atoms with van der Waals surface area (Å²) in [7, 11) is 1.95. The summed E-state index contributed by atoms with van der Waals surface area (Å²) in [6, 6.07) is 8.57. The Hall–Kier alpha value is -2.02. The number of hydrogen-bond acceptors (Lipinski definition) is 4. The van der Waals surface area contributed by atoms with Crippen LogP contribution < -0.4 is 0 Å². The Morgan fingerprint density at radius 1 is 1.32 bits per heavy atom. The standard InChI is InChI=1S/C19H19BrN2O3/c1-19(25,11-23)13-5-3-12(4-6-13)18(24)8-14-7-17-15(9-21-14)16(20)10-22(17)2/h3-7,9-10,23,25H,8,11H2,1-2H3/t19-/m0/s1. The first-order chi connectivity index (χ1) is 11.8. The van der Waals surface area contributed by atoms with Crippen molar-refractivity contribution < 1.29 is 15.0 Å². The molecule has 0 spiro atoms. The molecule has 2 heterocycles. The number of rotatable bonds is 5. The lowest BCUT2D eigenvalue weighted by atomic mass is 9.95. The molecule has 0 saturated carbocycles. The van der Waals surface area contributed by atoms with Gasteiger partial charge in [0.25, 0.3) is 0 Å². The van der Waals surface area contributed by atoms with Gasteiger partial charge in [-0.05, 0) is 34.5 Å². The Kier molecular flexibility index (Phi) is 4.77. The summed E-state index contributed by atoms with van der Waals surface area (Å²) in [6.07, 6.45) is 3.93. The number of carbonyl (C=O) groups is 1. The topological polar surface area (TPSA) is 75.4 Å². The highest BCUT2D eigenvalue weighted by Crippen LogP contribution is 2.25. The smallest absolute Gasteiger partial charge is 0.168 e. The number of carbonyl (C=O) groups excluding carboxylic acids is 1. The van der Waals surface area contributed by atoms with Gasteiger partial charge in [0, 0.05) is 34.9 Å². The molecule has 0 amide bonds. The number of Topliss-reactive ketones (excluding diaryl/α,β-unsaturated/α-hetero) is 1. The first-order valence-corrected chi connectivity index (χ1v) is 8.67. The number of aliphatic hydroxyl groups is 2. The molecule has 3 aromatic rings. The third kappa shape index (κ3) is 3.51. The molecular formula is C19H19BrN2O3. The lowest BCUT2D eigenvalue weighted by Gasteiger charge is -2.20. The Balaban J connectivity index is 1.81. The van der Waals surface area contributed by atoms with Gasteiger partial charge in [-0.3, -0.25) is 9.78 Å². The molecule has 0 radical (unpaired) electrons. The lowest BCUT2D eigenvalue weighted by Crippen LogP contribution is -2.25. The van der Waals surface area contributed by atoms with Crippen molar-refractivity contribution in [2.45, 2.75) is 18.9 Å². The van der Waals surface area contributed by atoms with E-state index < -0.39 is 5.60 Å². The molecular weight excluding hydrogens is 384 g/mol. The van der Waals surface area contributed by atoms with Crippen LogP contribution in [0.5, 0.6) is 0 Å². The number of aromatic nitrogens is 2. The highest BCUT2D eigenvalue weighted by Gasteiger charge is 2.22. The first kappa shape index (κ1) is 17.8. The summed E-state index contributed by atoms with van der Waals surface area (Å²) in [5.74, 6) is -0.0460. The third-order valence-electron chi connectivity index (χ3n) is 4.36. The van der Waals surface area contributed by atoms with Crippen molar-refractivity contribution in [3.8, 4) is 0 Å². The molecule has 0 aliphatic rings. The fourth-order valence-corrected chi connectivity index (χ4v) is 3.35. The summed E-state index contributed by atoms with van der Waals surface area (Å²) < 4.78 is 2.96. The minimum atomic E-state index is -1.31. The molecule has 6 heteroatoms. The second-order valence-corrected chi connectivity index (χ2v) is 7.24. The summed E-state index contributed by atoms with van der Waals surface area (Å²) in [5.41, 5.74) is 1.53. The third-order valence-corrected chi connectivity index (χ3v) is 4.99. The zero-order valence-corrected chi connectivity index (χ0v) is 15.6. The number of hydrogen-bond donors (Lipinski definition) is 2. The molecule has 0 unspecified atom stereocenters. The molecule has 25 heavy (non-hydrogen) atoms. The van der Waals surface area contributed by atoms with Gasteiger partial charge in [0.2, 0.25) is 0 Å². The molecule has 2 N–H and O–H groups in total. The van der Waals surface area contributed by atoms with Crippen LogP contribution in [-0.2, 0) is 19.1 Å². The highest BCUT2D eigenvalue weighted by atomic mass is 79.9. The van der Waals surface area contributed by atoms with Crippen LogP contribution in [0.3, 0.4) is 0 Å². The number of pyridine rings is 1. The van der Waals surface area contributed by atoms with Crippen molar-refractivity contribution >= 4 is 32.6 Å². The zero-order chi connectivity index (χ0) is 18.2. The van der Waals surface area contributed by atoms with E-state index in [1.54, 1.807) is 30.5 Å². The van der Waals surface area contributed by atoms with Gasteiger partial charge in [0.15, 0.2) is 5.78 Å². The first-order valence-electron chi connectivity index (χ1n) is 7.88. The maximum atomic E-state index is 12.5. The van der Waals surface area contributed by atoms with Crippen LogP contribution >= 0.6 is 15.9 Å². The van der Waals surface area contributed by atoms with Crippen LogP contribution in [-0.4, -0.2) is 32.2 Å². The van der Waals surface area contributed by atoms with E-state index in [1.165, 1.54) is 6.92 Å². The minimum Gasteiger partial charge on any atom is -0.393 e. The zero-order valence-electron chi connectivity index (χ0n) is 14.0. The summed E-state index contributed by atoms with van der Waals surface area (Å²) in [4.78, 5) is 16.9. The number of benzene rings is 1. The van der Waals surface area contributed by atoms with Gasteiger partial charge >= 0.3 is 0 Å². The van der Waals surface area contributed by atoms with Crippen LogP contribution in [0, 0.1) is 0 Å². The molecule has 1 aromatic carbocycles. The Bertz CT molecular complexity index is 930. The molecule has 0 aliphatic heterocycles. The van der Waals surface area contributed by atoms with E-state index in [0.29, 0.717) is 16.8 Å². The average molecular weight is 403 g/mol. The van der Waals surface area contributed by atoms with Crippen LogP contribution in [0.2, 0.25) is 0 Å². The molecule has 130 valence electrons. The predicted molar refractivity (Wildman–Crippen MR) is 99.5 cm³/mol. The van der Waals surface area contributed by atoms with Gasteiger partial charge in [0.05, 0.1) is 24.2 Å². The Morgan fingerprint density at radius 2 is 2.00 bits per heavy atom. The van der Waals surface area contributed by atoms with Crippen molar-refractivity contribution in [1.82, 2.24) is 9.55 Å². The largest absolute Gasteiger partial charge is 0.393 e.